The van der Waals surface area contributed by atoms with Crippen LogP contribution in [0.5, 0.6) is 0 Å². The molecular weight excluding hydrogens is 401 g/mol. The van der Waals surface area contributed by atoms with Gasteiger partial charge in [0.25, 0.3) is 0 Å². The van der Waals surface area contributed by atoms with E-state index in [4.69, 9.17) is 5.73 Å². The van der Waals surface area contributed by atoms with Gasteiger partial charge in [0, 0.05) is 9.52 Å². The first-order valence-electron chi connectivity index (χ1n) is 9.39. The largest absolute Gasteiger partial charge is 4.00 e. The molecule has 2 aliphatic carbocycles. The molecular formula is C20H38Cl2NSiTi. The number of halogens is 2. The Morgan fingerprint density at radius 3 is 1.48 bits per heavy atom. The zero-order valence-electron chi connectivity index (χ0n) is 16.6. The van der Waals surface area contributed by atoms with Crippen LogP contribution >= 0.6 is 0 Å². The van der Waals surface area contributed by atoms with Gasteiger partial charge in [-0.3, -0.25) is 6.08 Å². The Morgan fingerprint density at radius 2 is 1.24 bits per heavy atom. The molecule has 0 saturated heterocycles. The van der Waals surface area contributed by atoms with Crippen molar-refractivity contribution in [2.75, 3.05) is 0 Å². The van der Waals surface area contributed by atoms with Crippen molar-refractivity contribution in [2.45, 2.75) is 103 Å². The van der Waals surface area contributed by atoms with Crippen LogP contribution in [0.1, 0.15) is 84.0 Å². The molecule has 2 rings (SSSR count). The van der Waals surface area contributed by atoms with E-state index in [1.807, 2.05) is 6.08 Å². The number of hydrogen-bond acceptors (Lipinski definition) is 0. The van der Waals surface area contributed by atoms with Crippen molar-refractivity contribution in [3.05, 3.63) is 29.5 Å². The summed E-state index contributed by atoms with van der Waals surface area (Å²) in [5.41, 5.74) is 9.15. The van der Waals surface area contributed by atoms with Crippen molar-refractivity contribution in [1.82, 2.24) is 0 Å². The average molecular weight is 439 g/mol. The molecule has 25 heavy (non-hydrogen) atoms. The van der Waals surface area contributed by atoms with Crippen LogP contribution in [0.2, 0.25) is 13.1 Å². The minimum Gasteiger partial charge on any atom is -1.00 e. The fourth-order valence-electron chi connectivity index (χ4n) is 2.66. The van der Waals surface area contributed by atoms with Crippen molar-refractivity contribution in [3.8, 4) is 0 Å². The topological polar surface area (TPSA) is 23.8 Å². The van der Waals surface area contributed by atoms with Crippen LogP contribution in [0.4, 0.5) is 0 Å². The summed E-state index contributed by atoms with van der Waals surface area (Å²) < 4.78 is 0. The molecule has 0 atom stereocenters. The van der Waals surface area contributed by atoms with Crippen molar-refractivity contribution in [1.29, 1.82) is 0 Å². The van der Waals surface area contributed by atoms with Gasteiger partial charge in [0.15, 0.2) is 0 Å². The van der Waals surface area contributed by atoms with Crippen LogP contribution in [0.3, 0.4) is 0 Å². The Labute approximate surface area is 188 Å². The van der Waals surface area contributed by atoms with Gasteiger partial charge in [0.05, 0.1) is 0 Å². The molecule has 0 bridgehead atoms. The Morgan fingerprint density at radius 1 is 0.880 bits per heavy atom. The molecule has 0 aromatic heterocycles. The molecule has 1 N–H and O–H groups in total. The summed E-state index contributed by atoms with van der Waals surface area (Å²) in [6.07, 6.45) is 23.0. The molecule has 1 nitrogen and oxygen atoms in total. The molecule has 0 heterocycles. The SMILES string of the molecule is CC1=CC[C-]=C1.C[SiH]C.[Cl-].[Cl-].[NH-]C1CCCCCCCCCCC1.[Ti+4]. The third kappa shape index (κ3) is 27.3. The van der Waals surface area contributed by atoms with Crippen LogP contribution < -0.4 is 24.8 Å². The standard InChI is InChI=1S/C12H24N.C6H7.C2H7Si.2ClH.Ti/c13-12-10-8-6-4-2-1-3-5-7-9-11-12;1-6-4-2-3-5-6;1-3-2;;;/h12-13H,1-11H2;4-5H,2H2,1H3;3H,1-2H3;2*1H;/q2*-1;;;;+4/p-2. The molecule has 1 fully saturated rings. The first-order chi connectivity index (χ1) is 10.7. The molecule has 1 radical (unpaired) electrons. The molecule has 1 saturated carbocycles. The number of rotatable bonds is 0. The van der Waals surface area contributed by atoms with E-state index in [1.54, 1.807) is 0 Å². The van der Waals surface area contributed by atoms with E-state index in [1.165, 1.54) is 63.4 Å². The van der Waals surface area contributed by atoms with E-state index in [0.29, 0.717) is 0 Å². The minimum atomic E-state index is 0. The smallest absolute Gasteiger partial charge is 1.00 e. The fourth-order valence-corrected chi connectivity index (χ4v) is 2.66. The summed E-state index contributed by atoms with van der Waals surface area (Å²) in [5.74, 6) is 0. The van der Waals surface area contributed by atoms with Crippen LogP contribution in [0.15, 0.2) is 17.7 Å². The monoisotopic (exact) mass is 438 g/mol. The van der Waals surface area contributed by atoms with E-state index >= 15 is 0 Å². The van der Waals surface area contributed by atoms with Gasteiger partial charge < -0.3 is 30.5 Å². The molecule has 0 aromatic carbocycles. The second kappa shape index (κ2) is 27.2. The van der Waals surface area contributed by atoms with Crippen molar-refractivity contribution in [2.24, 2.45) is 0 Å². The van der Waals surface area contributed by atoms with Crippen LogP contribution in [-0.2, 0) is 21.7 Å². The summed E-state index contributed by atoms with van der Waals surface area (Å²) >= 11 is 0. The number of allylic oxidation sites excluding steroid dienone is 4. The molecule has 0 aromatic rings. The zero-order chi connectivity index (χ0) is 16.5. The van der Waals surface area contributed by atoms with Gasteiger partial charge in [0.2, 0.25) is 0 Å². The number of nitrogens with one attached hydrogen (secondary N) is 1. The Kier molecular flexibility index (Phi) is 36.4. The van der Waals surface area contributed by atoms with E-state index < -0.39 is 0 Å². The van der Waals surface area contributed by atoms with E-state index in [2.05, 4.69) is 32.2 Å². The maximum absolute atomic E-state index is 7.80. The minimum absolute atomic E-state index is 0. The first-order valence-corrected chi connectivity index (χ1v) is 11.7. The van der Waals surface area contributed by atoms with Crippen molar-refractivity contribution < 1.29 is 46.5 Å². The molecule has 145 valence electrons. The second-order valence-corrected chi connectivity index (χ2v) is 7.69. The summed E-state index contributed by atoms with van der Waals surface area (Å²) in [7, 11) is 0.750. The van der Waals surface area contributed by atoms with E-state index in [-0.39, 0.29) is 52.6 Å². The maximum atomic E-state index is 7.80. The average Bonchev–Trinajstić information content (AvgIpc) is 2.95. The van der Waals surface area contributed by atoms with Gasteiger partial charge in [-0.2, -0.15) is 6.08 Å². The van der Waals surface area contributed by atoms with Crippen molar-refractivity contribution >= 4 is 9.52 Å². The van der Waals surface area contributed by atoms with Crippen LogP contribution in [0.25, 0.3) is 5.73 Å². The van der Waals surface area contributed by atoms with Crippen LogP contribution in [-0.4, -0.2) is 15.6 Å². The fraction of sp³-hybridized carbons (Fsp3) is 0.800. The first kappa shape index (κ1) is 33.5. The summed E-state index contributed by atoms with van der Waals surface area (Å²) in [6, 6.07) is 0.249. The van der Waals surface area contributed by atoms with E-state index in [9.17, 15) is 0 Å². The quantitative estimate of drug-likeness (QED) is 0.396. The molecule has 0 aliphatic heterocycles. The predicted octanol–water partition coefficient (Wildman–Crippen LogP) is 0.932. The third-order valence-electron chi connectivity index (χ3n) is 3.98. The third-order valence-corrected chi connectivity index (χ3v) is 3.98. The molecule has 5 heteroatoms. The van der Waals surface area contributed by atoms with Gasteiger partial charge in [-0.1, -0.05) is 83.7 Å². The Balaban J connectivity index is -0.000000156. The zero-order valence-corrected chi connectivity index (χ0v) is 20.8. The van der Waals surface area contributed by atoms with Gasteiger partial charge >= 0.3 is 21.7 Å². The summed E-state index contributed by atoms with van der Waals surface area (Å²) in [6.45, 7) is 6.50. The second-order valence-electron chi connectivity index (χ2n) is 6.53. The van der Waals surface area contributed by atoms with Gasteiger partial charge in [-0.05, 0) is 0 Å². The van der Waals surface area contributed by atoms with Crippen LogP contribution in [0, 0.1) is 6.08 Å². The molecule has 0 amide bonds. The summed E-state index contributed by atoms with van der Waals surface area (Å²) in [5, 5.41) is 0. The van der Waals surface area contributed by atoms with Gasteiger partial charge in [0.1, 0.15) is 0 Å². The predicted molar refractivity (Wildman–Crippen MR) is 104 cm³/mol. The number of hydrogen-bond donors (Lipinski definition) is 0. The molecule has 0 spiro atoms. The Bertz CT molecular complexity index is 285. The normalized spacial score (nSPS) is 18.0. The maximum Gasteiger partial charge on any atom is 4.00 e. The van der Waals surface area contributed by atoms with Crippen molar-refractivity contribution in [3.63, 3.8) is 0 Å². The van der Waals surface area contributed by atoms with Gasteiger partial charge in [-0.15, -0.1) is 19.4 Å². The summed E-state index contributed by atoms with van der Waals surface area (Å²) in [4.78, 5) is 0. The van der Waals surface area contributed by atoms with E-state index in [0.717, 1.165) is 28.8 Å². The molecule has 0 unspecified atom stereocenters. The molecule has 2 aliphatic rings. The van der Waals surface area contributed by atoms with Gasteiger partial charge in [-0.25, -0.2) is 11.6 Å². The Hall–Kier alpha value is 0.951.